The van der Waals surface area contributed by atoms with Gasteiger partial charge in [0.2, 0.25) is 0 Å². The van der Waals surface area contributed by atoms with Gasteiger partial charge < -0.3 is 15.3 Å². The largest absolute Gasteiger partial charge is 0.480 e. The van der Waals surface area contributed by atoms with Gasteiger partial charge in [0.15, 0.2) is 0 Å². The van der Waals surface area contributed by atoms with E-state index in [4.69, 9.17) is 5.11 Å². The molecule has 0 spiro atoms. The number of likely N-dealkylation sites (N-methyl/N-ethyl adjacent to an activating group) is 1. The lowest BCUT2D eigenvalue weighted by atomic mass is 9.96. The van der Waals surface area contributed by atoms with Crippen LogP contribution in [0.1, 0.15) is 33.6 Å². The van der Waals surface area contributed by atoms with Crippen molar-refractivity contribution in [3.63, 3.8) is 0 Å². The van der Waals surface area contributed by atoms with Crippen molar-refractivity contribution >= 4 is 5.97 Å². The Bertz CT molecular complexity index is 193. The van der Waals surface area contributed by atoms with Crippen LogP contribution in [0.4, 0.5) is 0 Å². The molecule has 0 aromatic carbocycles. The smallest absolute Gasteiger partial charge is 0.323 e. The molecule has 0 aromatic rings. The first-order chi connectivity index (χ1) is 7.00. The number of carboxylic acid groups (broad SMARTS) is 1. The third-order valence-electron chi connectivity index (χ3n) is 3.07. The van der Waals surface area contributed by atoms with Gasteiger partial charge in [-0.3, -0.25) is 4.79 Å². The molecule has 0 aliphatic rings. The van der Waals surface area contributed by atoms with Crippen molar-refractivity contribution in [1.29, 1.82) is 0 Å². The van der Waals surface area contributed by atoms with Crippen LogP contribution < -0.4 is 5.32 Å². The molecule has 0 heterocycles. The molecule has 90 valence electrons. The van der Waals surface area contributed by atoms with E-state index in [9.17, 15) is 4.79 Å². The highest BCUT2D eigenvalue weighted by Gasteiger charge is 2.30. The normalized spacial score (nSPS) is 15.3. The van der Waals surface area contributed by atoms with Gasteiger partial charge in [-0.25, -0.2) is 0 Å². The fourth-order valence-electron chi connectivity index (χ4n) is 1.53. The van der Waals surface area contributed by atoms with Crippen molar-refractivity contribution in [2.45, 2.75) is 39.2 Å². The maximum absolute atomic E-state index is 11.0. The van der Waals surface area contributed by atoms with Gasteiger partial charge in [0.25, 0.3) is 0 Å². The molecule has 0 aliphatic carbocycles. The van der Waals surface area contributed by atoms with Crippen LogP contribution in [-0.2, 0) is 4.79 Å². The first-order valence-electron chi connectivity index (χ1n) is 5.64. The molecule has 0 fully saturated rings. The summed E-state index contributed by atoms with van der Waals surface area (Å²) in [4.78, 5) is 13.3. The average molecular weight is 216 g/mol. The summed E-state index contributed by atoms with van der Waals surface area (Å²) in [6.45, 7) is 9.00. The number of rotatable bonds is 8. The zero-order valence-corrected chi connectivity index (χ0v) is 10.3. The van der Waals surface area contributed by atoms with E-state index in [0.717, 1.165) is 26.1 Å². The summed E-state index contributed by atoms with van der Waals surface area (Å²) in [7, 11) is 1.70. The number of carbonyl (C=O) groups is 1. The molecule has 0 bridgehead atoms. The summed E-state index contributed by atoms with van der Waals surface area (Å²) < 4.78 is 0. The first kappa shape index (κ1) is 14.4. The molecule has 4 heteroatoms. The predicted molar refractivity (Wildman–Crippen MR) is 62.1 cm³/mol. The number of nitrogens with zero attached hydrogens (tertiary/aromatic N) is 1. The van der Waals surface area contributed by atoms with Crippen LogP contribution in [0.2, 0.25) is 0 Å². The summed E-state index contributed by atoms with van der Waals surface area (Å²) in [6.07, 6.45) is 1.57. The lowest BCUT2D eigenvalue weighted by molar-refractivity contribution is -0.144. The highest BCUT2D eigenvalue weighted by Crippen LogP contribution is 2.12. The summed E-state index contributed by atoms with van der Waals surface area (Å²) in [5.74, 6) is -0.774. The summed E-state index contributed by atoms with van der Waals surface area (Å²) in [5, 5.41) is 11.9. The number of carboxylic acids is 1. The van der Waals surface area contributed by atoms with E-state index >= 15 is 0 Å². The zero-order valence-electron chi connectivity index (χ0n) is 10.3. The van der Waals surface area contributed by atoms with Crippen LogP contribution in [0.5, 0.6) is 0 Å². The van der Waals surface area contributed by atoms with Gasteiger partial charge in [0.1, 0.15) is 5.54 Å². The van der Waals surface area contributed by atoms with Gasteiger partial charge in [-0.05, 0) is 46.4 Å². The Morgan fingerprint density at radius 3 is 2.27 bits per heavy atom. The predicted octanol–water partition coefficient (Wildman–Crippen LogP) is 1.17. The van der Waals surface area contributed by atoms with E-state index in [2.05, 4.69) is 24.1 Å². The Hall–Kier alpha value is -0.610. The Morgan fingerprint density at radius 2 is 1.93 bits per heavy atom. The number of hydrogen-bond donors (Lipinski definition) is 2. The lowest BCUT2D eigenvalue weighted by Crippen LogP contribution is -2.47. The summed E-state index contributed by atoms with van der Waals surface area (Å²) in [5.41, 5.74) is -0.785. The third kappa shape index (κ3) is 4.62. The quantitative estimate of drug-likeness (QED) is 0.639. The average Bonchev–Trinajstić information content (AvgIpc) is 2.23. The standard InChI is InChI=1S/C11H24N2O2/c1-5-13(6-2)9-7-8-11(3,12-4)10(14)15/h12H,5-9H2,1-4H3,(H,14,15). The minimum Gasteiger partial charge on any atom is -0.480 e. The molecule has 4 nitrogen and oxygen atoms in total. The van der Waals surface area contributed by atoms with Gasteiger partial charge in [-0.15, -0.1) is 0 Å². The molecule has 0 radical (unpaired) electrons. The molecule has 0 amide bonds. The maximum Gasteiger partial charge on any atom is 0.323 e. The first-order valence-corrected chi connectivity index (χ1v) is 5.64. The second-order valence-electron chi connectivity index (χ2n) is 4.02. The van der Waals surface area contributed by atoms with Crippen LogP contribution in [0.15, 0.2) is 0 Å². The molecule has 1 atom stereocenters. The van der Waals surface area contributed by atoms with Crippen LogP contribution in [-0.4, -0.2) is 48.2 Å². The van der Waals surface area contributed by atoms with Crippen LogP contribution in [0, 0.1) is 0 Å². The van der Waals surface area contributed by atoms with Crippen molar-refractivity contribution in [2.24, 2.45) is 0 Å². The van der Waals surface area contributed by atoms with Gasteiger partial charge in [-0.1, -0.05) is 13.8 Å². The molecule has 2 N–H and O–H groups in total. The Kier molecular flexibility index (Phi) is 6.52. The van der Waals surface area contributed by atoms with Gasteiger partial charge in [0, 0.05) is 0 Å². The molecular formula is C11H24N2O2. The van der Waals surface area contributed by atoms with Gasteiger partial charge in [0.05, 0.1) is 0 Å². The Morgan fingerprint density at radius 1 is 1.40 bits per heavy atom. The molecule has 0 aromatic heterocycles. The number of hydrogen-bond acceptors (Lipinski definition) is 3. The highest BCUT2D eigenvalue weighted by molar-refractivity contribution is 5.78. The van der Waals surface area contributed by atoms with E-state index < -0.39 is 11.5 Å². The van der Waals surface area contributed by atoms with E-state index in [1.807, 2.05) is 0 Å². The van der Waals surface area contributed by atoms with Crippen molar-refractivity contribution < 1.29 is 9.90 Å². The second-order valence-corrected chi connectivity index (χ2v) is 4.02. The van der Waals surface area contributed by atoms with Crippen LogP contribution >= 0.6 is 0 Å². The van der Waals surface area contributed by atoms with Gasteiger partial charge in [-0.2, -0.15) is 0 Å². The molecular weight excluding hydrogens is 192 g/mol. The molecule has 1 unspecified atom stereocenters. The van der Waals surface area contributed by atoms with Crippen molar-refractivity contribution in [3.05, 3.63) is 0 Å². The monoisotopic (exact) mass is 216 g/mol. The highest BCUT2D eigenvalue weighted by atomic mass is 16.4. The minimum absolute atomic E-state index is 0.662. The fraction of sp³-hybridized carbons (Fsp3) is 0.909. The molecule has 0 saturated heterocycles. The van der Waals surface area contributed by atoms with Crippen LogP contribution in [0.25, 0.3) is 0 Å². The van der Waals surface area contributed by atoms with E-state index in [0.29, 0.717) is 6.42 Å². The zero-order chi connectivity index (χ0) is 11.9. The van der Waals surface area contributed by atoms with Crippen molar-refractivity contribution in [3.8, 4) is 0 Å². The topological polar surface area (TPSA) is 52.6 Å². The second kappa shape index (κ2) is 6.80. The van der Waals surface area contributed by atoms with Crippen molar-refractivity contribution in [2.75, 3.05) is 26.7 Å². The van der Waals surface area contributed by atoms with E-state index in [1.165, 1.54) is 0 Å². The van der Waals surface area contributed by atoms with Gasteiger partial charge >= 0.3 is 5.97 Å². The molecule has 0 rings (SSSR count). The third-order valence-corrected chi connectivity index (χ3v) is 3.07. The Balaban J connectivity index is 3.97. The molecule has 0 saturated carbocycles. The Labute approximate surface area is 92.7 Å². The maximum atomic E-state index is 11.0. The van der Waals surface area contributed by atoms with E-state index in [-0.39, 0.29) is 0 Å². The van der Waals surface area contributed by atoms with Crippen LogP contribution in [0.3, 0.4) is 0 Å². The summed E-state index contributed by atoms with van der Waals surface area (Å²) >= 11 is 0. The lowest BCUT2D eigenvalue weighted by Gasteiger charge is -2.26. The minimum atomic E-state index is -0.785. The SMILES string of the molecule is CCN(CC)CCCC(C)(NC)C(=O)O. The fourth-order valence-corrected chi connectivity index (χ4v) is 1.53. The van der Waals surface area contributed by atoms with Crippen molar-refractivity contribution in [1.82, 2.24) is 10.2 Å². The molecule has 0 aliphatic heterocycles. The van der Waals surface area contributed by atoms with E-state index in [1.54, 1.807) is 14.0 Å². The summed E-state index contributed by atoms with van der Waals surface area (Å²) in [6, 6.07) is 0. The number of aliphatic carboxylic acids is 1. The number of nitrogens with one attached hydrogen (secondary N) is 1. The molecule has 15 heavy (non-hydrogen) atoms.